The molecular formula is C27H34FN7O2. The minimum absolute atomic E-state index is 0.0440. The molecule has 0 radical (unpaired) electrons. The summed E-state index contributed by atoms with van der Waals surface area (Å²) < 4.78 is 20.2. The van der Waals surface area contributed by atoms with Gasteiger partial charge in [0.25, 0.3) is 0 Å². The van der Waals surface area contributed by atoms with Gasteiger partial charge in [-0.25, -0.2) is 19.3 Å². The van der Waals surface area contributed by atoms with Gasteiger partial charge < -0.3 is 25.0 Å². The van der Waals surface area contributed by atoms with Gasteiger partial charge in [-0.2, -0.15) is 4.98 Å². The van der Waals surface area contributed by atoms with E-state index in [0.717, 1.165) is 42.8 Å². The number of halogens is 1. The summed E-state index contributed by atoms with van der Waals surface area (Å²) in [5, 5.41) is 15.5. The lowest BCUT2D eigenvalue weighted by Crippen LogP contribution is -2.52. The average molecular weight is 508 g/mol. The zero-order valence-electron chi connectivity index (χ0n) is 21.6. The van der Waals surface area contributed by atoms with E-state index in [4.69, 9.17) is 14.7 Å². The number of aliphatic hydroxyl groups excluding tert-OH is 1. The summed E-state index contributed by atoms with van der Waals surface area (Å²) in [5.41, 5.74) is -0.407. The molecule has 10 heteroatoms. The third-order valence-electron chi connectivity index (χ3n) is 7.99. The van der Waals surface area contributed by atoms with Gasteiger partial charge in [0.05, 0.1) is 25.9 Å². The van der Waals surface area contributed by atoms with Gasteiger partial charge in [-0.15, -0.1) is 0 Å². The first-order valence-corrected chi connectivity index (χ1v) is 13.0. The average Bonchev–Trinajstić information content (AvgIpc) is 2.85. The SMILES string of the molecule is CC1CCN1c1ncc(CC2(C)COC2)c2cc(Nc3ccnc(N4CC[C@@H](O)[C@@](C)(F)C4)n3)ncc12. The van der Waals surface area contributed by atoms with Gasteiger partial charge in [0.1, 0.15) is 17.5 Å². The van der Waals surface area contributed by atoms with Crippen molar-refractivity contribution in [3.05, 3.63) is 36.3 Å². The van der Waals surface area contributed by atoms with Gasteiger partial charge in [0.15, 0.2) is 5.67 Å². The van der Waals surface area contributed by atoms with E-state index in [2.05, 4.69) is 40.1 Å². The van der Waals surface area contributed by atoms with Crippen molar-refractivity contribution in [3.63, 3.8) is 0 Å². The highest BCUT2D eigenvalue weighted by Crippen LogP contribution is 2.38. The van der Waals surface area contributed by atoms with Crippen LogP contribution in [0.5, 0.6) is 0 Å². The summed E-state index contributed by atoms with van der Waals surface area (Å²) in [6, 6.07) is 4.32. The van der Waals surface area contributed by atoms with Crippen LogP contribution in [0.4, 0.5) is 27.8 Å². The second-order valence-electron chi connectivity index (χ2n) is 11.4. The number of hydrogen-bond acceptors (Lipinski definition) is 9. The highest BCUT2D eigenvalue weighted by molar-refractivity contribution is 5.95. The Hall–Kier alpha value is -3.11. The Morgan fingerprint density at radius 1 is 1.11 bits per heavy atom. The molecule has 37 heavy (non-hydrogen) atoms. The van der Waals surface area contributed by atoms with Crippen LogP contribution in [0.3, 0.4) is 0 Å². The molecule has 0 amide bonds. The number of rotatable bonds is 6. The standard InChI is InChI=1S/C27H34FN7O2/c1-17-5-9-35(17)24-20-13-30-23(10-19(20)18(12-31-24)11-26(2)15-37-16-26)32-22-4-7-29-25(33-22)34-8-6-21(36)27(3,28)14-34/h4,7,10,12-13,17,21,36H,5-6,8-9,11,14-16H2,1-3H3,(H,29,30,32,33)/t17?,21-,27+/m1/s1. The first kappa shape index (κ1) is 24.2. The summed E-state index contributed by atoms with van der Waals surface area (Å²) >= 11 is 0. The van der Waals surface area contributed by atoms with Gasteiger partial charge in [0.2, 0.25) is 5.95 Å². The maximum atomic E-state index is 14.7. The third kappa shape index (κ3) is 4.57. The van der Waals surface area contributed by atoms with Gasteiger partial charge in [-0.3, -0.25) is 0 Å². The Kier molecular flexibility index (Phi) is 5.91. The molecule has 1 unspecified atom stereocenters. The number of anilines is 4. The number of nitrogens with one attached hydrogen (secondary N) is 1. The Bertz CT molecular complexity index is 1320. The van der Waals surface area contributed by atoms with E-state index < -0.39 is 11.8 Å². The largest absolute Gasteiger partial charge is 0.390 e. The molecule has 6 rings (SSSR count). The van der Waals surface area contributed by atoms with Crippen molar-refractivity contribution in [2.45, 2.75) is 57.8 Å². The van der Waals surface area contributed by atoms with E-state index in [1.165, 1.54) is 18.9 Å². The van der Waals surface area contributed by atoms with Crippen LogP contribution in [0.15, 0.2) is 30.7 Å². The van der Waals surface area contributed by atoms with E-state index in [-0.39, 0.29) is 12.0 Å². The highest BCUT2D eigenvalue weighted by Gasteiger charge is 2.40. The van der Waals surface area contributed by atoms with Gasteiger partial charge >= 0.3 is 0 Å². The van der Waals surface area contributed by atoms with Crippen LogP contribution in [0.2, 0.25) is 0 Å². The topological polar surface area (TPSA) is 99.5 Å². The molecule has 3 aromatic rings. The van der Waals surface area contributed by atoms with Crippen molar-refractivity contribution in [1.29, 1.82) is 0 Å². The first-order chi connectivity index (χ1) is 17.7. The van der Waals surface area contributed by atoms with Crippen LogP contribution in [-0.2, 0) is 11.2 Å². The van der Waals surface area contributed by atoms with E-state index in [0.29, 0.717) is 36.6 Å². The maximum absolute atomic E-state index is 14.7. The minimum Gasteiger partial charge on any atom is -0.390 e. The normalized spacial score (nSPS) is 27.1. The zero-order chi connectivity index (χ0) is 25.8. The molecule has 3 aliphatic rings. The highest BCUT2D eigenvalue weighted by atomic mass is 19.1. The zero-order valence-corrected chi connectivity index (χ0v) is 21.6. The first-order valence-electron chi connectivity index (χ1n) is 13.0. The molecule has 3 saturated heterocycles. The number of alkyl halides is 1. The number of nitrogens with zero attached hydrogens (tertiary/aromatic N) is 6. The number of aliphatic hydroxyl groups is 1. The van der Waals surface area contributed by atoms with Gasteiger partial charge in [-0.1, -0.05) is 6.92 Å². The van der Waals surface area contributed by atoms with Crippen LogP contribution in [0.25, 0.3) is 10.8 Å². The second-order valence-corrected chi connectivity index (χ2v) is 11.4. The van der Waals surface area contributed by atoms with Crippen molar-refractivity contribution in [1.82, 2.24) is 19.9 Å². The molecule has 3 fully saturated rings. The van der Waals surface area contributed by atoms with Crippen LogP contribution < -0.4 is 15.1 Å². The van der Waals surface area contributed by atoms with Crippen molar-refractivity contribution in [3.8, 4) is 0 Å². The summed E-state index contributed by atoms with van der Waals surface area (Å²) in [7, 11) is 0. The Labute approximate surface area is 216 Å². The minimum atomic E-state index is -1.71. The molecule has 196 valence electrons. The molecule has 0 saturated carbocycles. The molecular weight excluding hydrogens is 473 g/mol. The van der Waals surface area contributed by atoms with E-state index in [1.807, 2.05) is 12.4 Å². The molecule has 0 bridgehead atoms. The molecule has 0 aromatic carbocycles. The molecule has 3 aromatic heterocycles. The Morgan fingerprint density at radius 2 is 1.95 bits per heavy atom. The summed E-state index contributed by atoms with van der Waals surface area (Å²) in [5.74, 6) is 2.66. The lowest BCUT2D eigenvalue weighted by molar-refractivity contribution is -0.100. The molecule has 3 aliphatic heterocycles. The van der Waals surface area contributed by atoms with Crippen molar-refractivity contribution in [2.75, 3.05) is 48.0 Å². The Morgan fingerprint density at radius 3 is 2.62 bits per heavy atom. The lowest BCUT2D eigenvalue weighted by Gasteiger charge is -2.41. The van der Waals surface area contributed by atoms with Crippen LogP contribution in [0, 0.1) is 5.41 Å². The van der Waals surface area contributed by atoms with Gasteiger partial charge in [0, 0.05) is 48.5 Å². The predicted octanol–water partition coefficient (Wildman–Crippen LogP) is 3.64. The molecule has 0 spiro atoms. The molecule has 9 nitrogen and oxygen atoms in total. The van der Waals surface area contributed by atoms with E-state index >= 15 is 0 Å². The third-order valence-corrected chi connectivity index (χ3v) is 7.99. The van der Waals surface area contributed by atoms with E-state index in [9.17, 15) is 9.50 Å². The molecule has 0 aliphatic carbocycles. The van der Waals surface area contributed by atoms with E-state index in [1.54, 1.807) is 17.2 Å². The fraction of sp³-hybridized carbons (Fsp3) is 0.556. The van der Waals surface area contributed by atoms with Crippen molar-refractivity contribution < 1.29 is 14.2 Å². The summed E-state index contributed by atoms with van der Waals surface area (Å²) in [6.45, 7) is 8.94. The smallest absolute Gasteiger partial charge is 0.227 e. The number of ether oxygens (including phenoxy) is 1. The molecule has 2 N–H and O–H groups in total. The summed E-state index contributed by atoms with van der Waals surface area (Å²) in [6.07, 6.45) is 6.97. The number of piperidine rings is 1. The number of fused-ring (bicyclic) bond motifs is 1. The lowest BCUT2D eigenvalue weighted by atomic mass is 9.81. The fourth-order valence-corrected chi connectivity index (χ4v) is 5.47. The Balaban J connectivity index is 1.30. The molecule has 3 atom stereocenters. The van der Waals surface area contributed by atoms with Crippen LogP contribution in [-0.4, -0.2) is 75.7 Å². The summed E-state index contributed by atoms with van der Waals surface area (Å²) in [4.78, 5) is 22.7. The fourth-order valence-electron chi connectivity index (χ4n) is 5.47. The quantitative estimate of drug-likeness (QED) is 0.518. The van der Waals surface area contributed by atoms with Crippen LogP contribution in [0.1, 0.15) is 39.2 Å². The van der Waals surface area contributed by atoms with Crippen LogP contribution >= 0.6 is 0 Å². The number of pyridine rings is 2. The number of aromatic nitrogens is 4. The number of hydrogen-bond donors (Lipinski definition) is 2. The maximum Gasteiger partial charge on any atom is 0.227 e. The van der Waals surface area contributed by atoms with Crippen molar-refractivity contribution in [2.24, 2.45) is 5.41 Å². The molecule has 6 heterocycles. The predicted molar refractivity (Wildman–Crippen MR) is 141 cm³/mol. The monoisotopic (exact) mass is 507 g/mol. The van der Waals surface area contributed by atoms with Crippen molar-refractivity contribution >= 4 is 34.2 Å². The van der Waals surface area contributed by atoms with Gasteiger partial charge in [-0.05, 0) is 56.2 Å². The second kappa shape index (κ2) is 9.02.